The van der Waals surface area contributed by atoms with Gasteiger partial charge >= 0.3 is 18.0 Å². The summed E-state index contributed by atoms with van der Waals surface area (Å²) in [5.74, 6) is 0.891. The van der Waals surface area contributed by atoms with Gasteiger partial charge in [0.1, 0.15) is 11.7 Å². The molecule has 0 aliphatic carbocycles. The minimum absolute atomic E-state index is 0.0183. The number of ether oxygens (including phenoxy) is 3. The van der Waals surface area contributed by atoms with Crippen LogP contribution in [-0.2, 0) is 23.8 Å². The number of rotatable bonds is 31. The summed E-state index contributed by atoms with van der Waals surface area (Å²) in [6.45, 7) is 14.4. The molecular formula is C44H83NO6. The number of amides is 1. The normalized spacial score (nSPS) is 15.1. The van der Waals surface area contributed by atoms with Crippen molar-refractivity contribution in [3.05, 3.63) is 0 Å². The Morgan fingerprint density at radius 3 is 1.67 bits per heavy atom. The van der Waals surface area contributed by atoms with Gasteiger partial charge in [0.15, 0.2) is 0 Å². The van der Waals surface area contributed by atoms with E-state index in [9.17, 15) is 14.4 Å². The first kappa shape index (κ1) is 47.2. The number of nitrogens with zero attached hydrogens (tertiary/aromatic N) is 1. The molecule has 1 heterocycles. The van der Waals surface area contributed by atoms with Gasteiger partial charge in [0.2, 0.25) is 0 Å². The summed E-state index contributed by atoms with van der Waals surface area (Å²) in [6.07, 6.45) is 30.6. The lowest BCUT2D eigenvalue weighted by molar-refractivity contribution is -0.150. The molecule has 51 heavy (non-hydrogen) atoms. The molecule has 1 amide bonds. The van der Waals surface area contributed by atoms with Crippen LogP contribution in [0.5, 0.6) is 0 Å². The molecule has 2 unspecified atom stereocenters. The van der Waals surface area contributed by atoms with Crippen molar-refractivity contribution in [3.63, 3.8) is 0 Å². The first-order valence-electron chi connectivity index (χ1n) is 21.9. The number of hydrogen-bond acceptors (Lipinski definition) is 6. The van der Waals surface area contributed by atoms with Crippen LogP contribution in [0.2, 0.25) is 0 Å². The van der Waals surface area contributed by atoms with Gasteiger partial charge in [0, 0.05) is 25.9 Å². The van der Waals surface area contributed by atoms with Gasteiger partial charge in [-0.05, 0) is 96.8 Å². The minimum Gasteiger partial charge on any atom is -0.465 e. The Bertz CT molecular complexity index is 862. The quantitative estimate of drug-likeness (QED) is 0.0403. The number of carbonyl (C=O) groups is 3. The SMILES string of the molecule is CCCCCCCCCC(CCCCCCCCC(=O)OCC(CCCC)CCCCCC)OC(=O)CCC1CCN(C(=O)OC(C)(C)C)CC1. The second kappa shape index (κ2) is 30.6. The number of hydrogen-bond donors (Lipinski definition) is 0. The summed E-state index contributed by atoms with van der Waals surface area (Å²) >= 11 is 0. The topological polar surface area (TPSA) is 82.1 Å². The molecule has 300 valence electrons. The Balaban J connectivity index is 2.32. The van der Waals surface area contributed by atoms with Crippen molar-refractivity contribution in [1.82, 2.24) is 4.90 Å². The Morgan fingerprint density at radius 2 is 1.10 bits per heavy atom. The van der Waals surface area contributed by atoms with Gasteiger partial charge in [-0.25, -0.2) is 4.79 Å². The fourth-order valence-electron chi connectivity index (χ4n) is 7.18. The maximum Gasteiger partial charge on any atom is 0.410 e. The van der Waals surface area contributed by atoms with Gasteiger partial charge in [-0.2, -0.15) is 0 Å². The third-order valence-corrected chi connectivity index (χ3v) is 10.5. The molecule has 1 aliphatic heterocycles. The van der Waals surface area contributed by atoms with E-state index in [0.29, 0.717) is 44.4 Å². The van der Waals surface area contributed by atoms with Crippen LogP contribution in [0.3, 0.4) is 0 Å². The van der Waals surface area contributed by atoms with Crippen LogP contribution in [0.1, 0.15) is 221 Å². The van der Waals surface area contributed by atoms with E-state index >= 15 is 0 Å². The smallest absolute Gasteiger partial charge is 0.410 e. The number of esters is 2. The first-order chi connectivity index (χ1) is 24.6. The summed E-state index contributed by atoms with van der Waals surface area (Å²) in [5.41, 5.74) is -0.481. The third kappa shape index (κ3) is 27.5. The summed E-state index contributed by atoms with van der Waals surface area (Å²) in [5, 5.41) is 0. The van der Waals surface area contributed by atoms with Crippen LogP contribution in [0.25, 0.3) is 0 Å². The predicted octanol–water partition coefficient (Wildman–Crippen LogP) is 12.9. The van der Waals surface area contributed by atoms with E-state index in [-0.39, 0.29) is 24.1 Å². The molecular weight excluding hydrogens is 638 g/mol. The zero-order valence-electron chi connectivity index (χ0n) is 34.5. The van der Waals surface area contributed by atoms with Crippen molar-refractivity contribution in [3.8, 4) is 0 Å². The van der Waals surface area contributed by atoms with Crippen LogP contribution in [0, 0.1) is 11.8 Å². The Hall–Kier alpha value is -1.79. The molecule has 0 bridgehead atoms. The summed E-state index contributed by atoms with van der Waals surface area (Å²) in [4.78, 5) is 39.5. The maximum absolute atomic E-state index is 13.0. The standard InChI is InChI=1S/C44H83NO6/c1-7-10-13-15-16-19-23-28-40(50-42(47)32-31-38-33-35-45(36-34-38)43(48)51-44(4,5)6)29-24-20-17-18-21-25-30-41(46)49-37-39(26-12-9-3)27-22-14-11-8-2/h38-40H,7-37H2,1-6H3. The Morgan fingerprint density at radius 1 is 0.608 bits per heavy atom. The van der Waals surface area contributed by atoms with Crippen LogP contribution < -0.4 is 0 Å². The number of unbranched alkanes of at least 4 members (excludes halogenated alkanes) is 15. The molecule has 0 radical (unpaired) electrons. The lowest BCUT2D eigenvalue weighted by Crippen LogP contribution is -2.41. The first-order valence-corrected chi connectivity index (χ1v) is 21.9. The Kier molecular flexibility index (Phi) is 28.4. The lowest BCUT2D eigenvalue weighted by atomic mass is 9.92. The third-order valence-electron chi connectivity index (χ3n) is 10.5. The van der Waals surface area contributed by atoms with E-state index in [4.69, 9.17) is 14.2 Å². The van der Waals surface area contributed by atoms with Crippen molar-refractivity contribution >= 4 is 18.0 Å². The second-order valence-corrected chi connectivity index (χ2v) is 16.7. The van der Waals surface area contributed by atoms with Gasteiger partial charge in [0.05, 0.1) is 6.61 Å². The molecule has 0 aromatic rings. The van der Waals surface area contributed by atoms with Crippen molar-refractivity contribution in [2.75, 3.05) is 19.7 Å². The van der Waals surface area contributed by atoms with Crippen molar-refractivity contribution in [1.29, 1.82) is 0 Å². The molecule has 1 fully saturated rings. The van der Waals surface area contributed by atoms with E-state index in [0.717, 1.165) is 77.0 Å². The Labute approximate surface area is 315 Å². The van der Waals surface area contributed by atoms with Crippen molar-refractivity contribution in [2.45, 2.75) is 233 Å². The van der Waals surface area contributed by atoms with E-state index in [1.165, 1.54) is 89.9 Å². The average Bonchev–Trinajstić information content (AvgIpc) is 3.10. The zero-order valence-corrected chi connectivity index (χ0v) is 34.5. The van der Waals surface area contributed by atoms with E-state index in [1.807, 2.05) is 20.8 Å². The second-order valence-electron chi connectivity index (χ2n) is 16.7. The summed E-state index contributed by atoms with van der Waals surface area (Å²) in [7, 11) is 0. The number of likely N-dealkylation sites (tertiary alicyclic amines) is 1. The highest BCUT2D eigenvalue weighted by Crippen LogP contribution is 2.25. The lowest BCUT2D eigenvalue weighted by Gasteiger charge is -2.33. The van der Waals surface area contributed by atoms with E-state index < -0.39 is 5.60 Å². The van der Waals surface area contributed by atoms with Crippen molar-refractivity contribution < 1.29 is 28.6 Å². The molecule has 1 saturated heterocycles. The van der Waals surface area contributed by atoms with Gasteiger partial charge in [0.25, 0.3) is 0 Å². The molecule has 2 atom stereocenters. The molecule has 0 spiro atoms. The predicted molar refractivity (Wildman–Crippen MR) is 212 cm³/mol. The van der Waals surface area contributed by atoms with E-state index in [1.54, 1.807) is 4.90 Å². The van der Waals surface area contributed by atoms with E-state index in [2.05, 4.69) is 20.8 Å². The monoisotopic (exact) mass is 722 g/mol. The highest BCUT2D eigenvalue weighted by molar-refractivity contribution is 5.70. The highest BCUT2D eigenvalue weighted by Gasteiger charge is 2.27. The minimum atomic E-state index is -0.481. The number of carbonyl (C=O) groups excluding carboxylic acids is 3. The fraction of sp³-hybridized carbons (Fsp3) is 0.932. The molecule has 0 aromatic carbocycles. The number of piperidine rings is 1. The highest BCUT2D eigenvalue weighted by atomic mass is 16.6. The molecule has 0 saturated carbocycles. The largest absolute Gasteiger partial charge is 0.465 e. The van der Waals surface area contributed by atoms with Crippen LogP contribution in [0.4, 0.5) is 4.79 Å². The van der Waals surface area contributed by atoms with Crippen molar-refractivity contribution in [2.24, 2.45) is 11.8 Å². The van der Waals surface area contributed by atoms with Crippen LogP contribution in [-0.4, -0.2) is 54.3 Å². The summed E-state index contributed by atoms with van der Waals surface area (Å²) < 4.78 is 17.3. The molecule has 0 N–H and O–H groups in total. The molecule has 7 nitrogen and oxygen atoms in total. The molecule has 1 rings (SSSR count). The molecule has 0 aromatic heterocycles. The maximum atomic E-state index is 13.0. The average molecular weight is 722 g/mol. The zero-order chi connectivity index (χ0) is 37.6. The molecule has 7 heteroatoms. The summed E-state index contributed by atoms with van der Waals surface area (Å²) in [6, 6.07) is 0. The van der Waals surface area contributed by atoms with Gasteiger partial charge in [-0.1, -0.05) is 124 Å². The fourth-order valence-corrected chi connectivity index (χ4v) is 7.18. The van der Waals surface area contributed by atoms with Gasteiger partial charge in [-0.3, -0.25) is 9.59 Å². The van der Waals surface area contributed by atoms with Gasteiger partial charge < -0.3 is 19.1 Å². The van der Waals surface area contributed by atoms with Crippen LogP contribution in [0.15, 0.2) is 0 Å². The van der Waals surface area contributed by atoms with Crippen LogP contribution >= 0.6 is 0 Å². The van der Waals surface area contributed by atoms with Gasteiger partial charge in [-0.15, -0.1) is 0 Å². The molecule has 1 aliphatic rings.